The first-order valence-electron chi connectivity index (χ1n) is 15.9. The van der Waals surface area contributed by atoms with Gasteiger partial charge in [0.25, 0.3) is 8.32 Å². The van der Waals surface area contributed by atoms with Gasteiger partial charge in [0.05, 0.1) is 25.9 Å². The predicted octanol–water partition coefficient (Wildman–Crippen LogP) is 7.93. The third-order valence-corrected chi connectivity index (χ3v) is 18.3. The molecule has 0 aliphatic carbocycles. The second kappa shape index (κ2) is 17.2. The van der Waals surface area contributed by atoms with Gasteiger partial charge >= 0.3 is 0 Å². The van der Waals surface area contributed by atoms with Crippen LogP contribution in [0.15, 0.2) is 60.7 Å². The quantitative estimate of drug-likeness (QED) is 0.0911. The van der Waals surface area contributed by atoms with E-state index < -0.39 is 16.6 Å². The summed E-state index contributed by atoms with van der Waals surface area (Å²) in [4.78, 5) is 0. The SMILES string of the molecule is COCCOCO[C@@H](CCCCC[C@@H](C)O[Si](c1ccccc1)(c1ccccc1)C(C)(C)C)CO[Si](C)(C)C(C)(C)C. The average Bonchev–Trinajstić information content (AvgIpc) is 2.93. The Hall–Kier alpha value is -1.33. The molecule has 0 aromatic heterocycles. The molecule has 0 unspecified atom stereocenters. The van der Waals surface area contributed by atoms with Crippen molar-refractivity contribution < 1.29 is 23.1 Å². The van der Waals surface area contributed by atoms with Gasteiger partial charge in [0.15, 0.2) is 8.32 Å². The zero-order chi connectivity index (χ0) is 31.3. The van der Waals surface area contributed by atoms with E-state index in [2.05, 4.69) is 122 Å². The zero-order valence-electron chi connectivity index (χ0n) is 28.3. The molecule has 0 fully saturated rings. The molecular formula is C35H60O5Si2. The van der Waals surface area contributed by atoms with Gasteiger partial charge in [-0.15, -0.1) is 0 Å². The van der Waals surface area contributed by atoms with Crippen molar-refractivity contribution in [3.05, 3.63) is 60.7 Å². The smallest absolute Gasteiger partial charge is 0.261 e. The van der Waals surface area contributed by atoms with E-state index in [1.807, 2.05) is 0 Å². The molecular weight excluding hydrogens is 557 g/mol. The number of hydrogen-bond acceptors (Lipinski definition) is 5. The highest BCUT2D eigenvalue weighted by Gasteiger charge is 2.50. The van der Waals surface area contributed by atoms with E-state index >= 15 is 0 Å². The summed E-state index contributed by atoms with van der Waals surface area (Å²) in [6.45, 7) is 22.7. The van der Waals surface area contributed by atoms with Crippen molar-refractivity contribution >= 4 is 27.0 Å². The molecule has 238 valence electrons. The van der Waals surface area contributed by atoms with Gasteiger partial charge in [-0.1, -0.05) is 121 Å². The Morgan fingerprint density at radius 1 is 0.714 bits per heavy atom. The number of hydrogen-bond donors (Lipinski definition) is 0. The van der Waals surface area contributed by atoms with Crippen molar-refractivity contribution in [2.24, 2.45) is 0 Å². The number of benzene rings is 2. The Bertz CT molecular complexity index is 946. The highest BCUT2D eigenvalue weighted by atomic mass is 28.4. The van der Waals surface area contributed by atoms with E-state index in [1.165, 1.54) is 10.4 Å². The van der Waals surface area contributed by atoms with Crippen LogP contribution in [-0.2, 0) is 23.1 Å². The normalized spacial score (nSPS) is 14.6. The van der Waals surface area contributed by atoms with Crippen molar-refractivity contribution in [3.8, 4) is 0 Å². The minimum Gasteiger partial charge on any atom is -0.414 e. The first kappa shape index (κ1) is 36.9. The van der Waals surface area contributed by atoms with Crippen LogP contribution in [0.2, 0.25) is 23.2 Å². The molecule has 2 atom stereocenters. The van der Waals surface area contributed by atoms with Gasteiger partial charge in [0.2, 0.25) is 0 Å². The standard InChI is InChI=1S/C35H60O5Si2/c1-30(40-42(35(5,6)7,32-22-16-12-17-23-32)33-24-18-13-19-25-33)20-14-11-15-21-31(38-29-37-27-26-36-8)28-39-41(9,10)34(2,3)4/h12-13,16-19,22-25,30-31H,11,14-15,20-21,26-29H2,1-10H3/t30-,31+/m1/s1. The molecule has 5 nitrogen and oxygen atoms in total. The van der Waals surface area contributed by atoms with Gasteiger partial charge in [-0.3, -0.25) is 0 Å². The molecule has 0 aliphatic rings. The third-order valence-electron chi connectivity index (χ3n) is 8.69. The lowest BCUT2D eigenvalue weighted by Crippen LogP contribution is -2.67. The lowest BCUT2D eigenvalue weighted by atomic mass is 10.1. The van der Waals surface area contributed by atoms with Crippen LogP contribution in [0.1, 0.15) is 80.6 Å². The average molecular weight is 617 g/mol. The molecule has 2 aromatic rings. The second-order valence-electron chi connectivity index (χ2n) is 14.1. The van der Waals surface area contributed by atoms with Crippen molar-refractivity contribution in [2.45, 2.75) is 116 Å². The van der Waals surface area contributed by atoms with Crippen LogP contribution < -0.4 is 10.4 Å². The van der Waals surface area contributed by atoms with Crippen LogP contribution in [0.4, 0.5) is 0 Å². The summed E-state index contributed by atoms with van der Waals surface area (Å²) in [5.41, 5.74) is 0. The largest absolute Gasteiger partial charge is 0.414 e. The van der Waals surface area contributed by atoms with E-state index in [1.54, 1.807) is 7.11 Å². The number of ether oxygens (including phenoxy) is 3. The van der Waals surface area contributed by atoms with Crippen LogP contribution in [0, 0.1) is 0 Å². The summed E-state index contributed by atoms with van der Waals surface area (Å²) in [6, 6.07) is 21.9. The molecule has 2 rings (SSSR count). The molecule has 0 saturated carbocycles. The molecule has 0 spiro atoms. The van der Waals surface area contributed by atoms with Crippen molar-refractivity contribution in [1.82, 2.24) is 0 Å². The lowest BCUT2D eigenvalue weighted by Gasteiger charge is -2.44. The fourth-order valence-electron chi connectivity index (χ4n) is 5.11. The fraction of sp³-hybridized carbons (Fsp3) is 0.657. The van der Waals surface area contributed by atoms with Crippen molar-refractivity contribution in [3.63, 3.8) is 0 Å². The van der Waals surface area contributed by atoms with E-state index in [-0.39, 0.29) is 29.1 Å². The van der Waals surface area contributed by atoms with E-state index in [0.717, 1.165) is 32.1 Å². The molecule has 0 radical (unpaired) electrons. The maximum absolute atomic E-state index is 7.27. The lowest BCUT2D eigenvalue weighted by molar-refractivity contribution is -0.110. The van der Waals surface area contributed by atoms with Crippen LogP contribution in [0.3, 0.4) is 0 Å². The first-order valence-corrected chi connectivity index (χ1v) is 20.7. The Kier molecular flexibility index (Phi) is 15.1. The topological polar surface area (TPSA) is 46.2 Å². The van der Waals surface area contributed by atoms with Gasteiger partial charge in [-0.05, 0) is 53.3 Å². The Labute approximate surface area is 259 Å². The van der Waals surface area contributed by atoms with Gasteiger partial charge < -0.3 is 23.1 Å². The summed E-state index contributed by atoms with van der Waals surface area (Å²) in [6.07, 6.45) is 5.56. The van der Waals surface area contributed by atoms with Crippen LogP contribution >= 0.6 is 0 Å². The third kappa shape index (κ3) is 11.0. The van der Waals surface area contributed by atoms with E-state index in [4.69, 9.17) is 23.1 Å². The number of methoxy groups -OCH3 is 1. The van der Waals surface area contributed by atoms with Gasteiger partial charge in [-0.2, -0.15) is 0 Å². The first-order chi connectivity index (χ1) is 19.7. The summed E-state index contributed by atoms with van der Waals surface area (Å²) in [5.74, 6) is 0. The van der Waals surface area contributed by atoms with Gasteiger partial charge in [0, 0.05) is 13.2 Å². The number of rotatable bonds is 19. The summed E-state index contributed by atoms with van der Waals surface area (Å²) in [5, 5.41) is 2.84. The molecule has 42 heavy (non-hydrogen) atoms. The van der Waals surface area contributed by atoms with Gasteiger partial charge in [0.1, 0.15) is 6.79 Å². The predicted molar refractivity (Wildman–Crippen MR) is 182 cm³/mol. The Balaban J connectivity index is 1.99. The van der Waals surface area contributed by atoms with E-state index in [0.29, 0.717) is 19.8 Å². The zero-order valence-corrected chi connectivity index (χ0v) is 30.3. The molecule has 0 amide bonds. The molecule has 0 N–H and O–H groups in total. The molecule has 0 aliphatic heterocycles. The summed E-state index contributed by atoms with van der Waals surface area (Å²) in [7, 11) is -2.69. The minimum atomic E-state index is -2.52. The maximum atomic E-state index is 7.27. The second-order valence-corrected chi connectivity index (χ2v) is 23.2. The van der Waals surface area contributed by atoms with Crippen molar-refractivity contribution in [1.29, 1.82) is 0 Å². The van der Waals surface area contributed by atoms with Crippen LogP contribution in [0.25, 0.3) is 0 Å². The van der Waals surface area contributed by atoms with Crippen LogP contribution in [0.5, 0.6) is 0 Å². The Morgan fingerprint density at radius 2 is 1.26 bits per heavy atom. The molecule has 0 bridgehead atoms. The Morgan fingerprint density at radius 3 is 1.76 bits per heavy atom. The number of unbranched alkanes of at least 4 members (excludes halogenated alkanes) is 2. The van der Waals surface area contributed by atoms with E-state index in [9.17, 15) is 0 Å². The summed E-state index contributed by atoms with van der Waals surface area (Å²) < 4.78 is 30.6. The molecule has 0 heterocycles. The minimum absolute atomic E-state index is 0.00992. The van der Waals surface area contributed by atoms with Gasteiger partial charge in [-0.25, -0.2) is 0 Å². The van der Waals surface area contributed by atoms with Crippen LogP contribution in [-0.4, -0.2) is 62.6 Å². The molecule has 2 aromatic carbocycles. The highest BCUT2D eigenvalue weighted by Crippen LogP contribution is 2.38. The highest BCUT2D eigenvalue weighted by molar-refractivity contribution is 6.99. The van der Waals surface area contributed by atoms with Crippen molar-refractivity contribution in [2.75, 3.05) is 33.7 Å². The fourth-order valence-corrected chi connectivity index (χ4v) is 10.9. The molecule has 0 saturated heterocycles. The molecule has 7 heteroatoms. The monoisotopic (exact) mass is 616 g/mol. The maximum Gasteiger partial charge on any atom is 0.261 e. The summed E-state index contributed by atoms with van der Waals surface area (Å²) >= 11 is 0.